The van der Waals surface area contributed by atoms with E-state index >= 15 is 0 Å². The predicted molar refractivity (Wildman–Crippen MR) is 45.8 cm³/mol. The van der Waals surface area contributed by atoms with E-state index in [0.717, 1.165) is 11.1 Å². The number of nitrogens with two attached hydrogens (primary N) is 1. The van der Waals surface area contributed by atoms with Crippen LogP contribution in [0.25, 0.3) is 0 Å². The lowest BCUT2D eigenvalue weighted by molar-refractivity contribution is 1.35. The lowest BCUT2D eigenvalue weighted by atomic mass is 10.1. The van der Waals surface area contributed by atoms with Crippen LogP contribution < -0.4 is 5.73 Å². The fraction of sp³-hybridized carbons (Fsp3) is 0.250. The van der Waals surface area contributed by atoms with Crippen molar-refractivity contribution in [2.75, 3.05) is 5.73 Å². The molecule has 0 radical (unpaired) electrons. The van der Waals surface area contributed by atoms with Crippen LogP contribution in [0.2, 0.25) is 0 Å². The van der Waals surface area contributed by atoms with Gasteiger partial charge in [-0.05, 0) is 36.2 Å². The molecule has 1 rings (SSSR count). The first-order chi connectivity index (χ1) is 5.15. The molecule has 0 heterocycles. The zero-order valence-electron chi connectivity index (χ0n) is 6.59. The highest BCUT2D eigenvalue weighted by atomic mass is 16.3. The molecule has 0 amide bonds. The molecule has 1 aromatic carbocycles. The molecule has 0 aliphatic carbocycles. The van der Waals surface area contributed by atoms with E-state index in [1.807, 2.05) is 19.9 Å². The Hall–Kier alpha value is -1.38. The Kier molecular flexibility index (Phi) is 1.89. The van der Waals surface area contributed by atoms with E-state index < -0.39 is 0 Å². The highest BCUT2D eigenvalue weighted by molar-refractivity contribution is 5.67. The second-order valence-electron chi connectivity index (χ2n) is 2.61. The first-order valence-corrected chi connectivity index (χ1v) is 3.35. The van der Waals surface area contributed by atoms with Gasteiger partial charge in [0, 0.05) is 0 Å². The summed E-state index contributed by atoms with van der Waals surface area (Å²) in [6.45, 7) is 3.76. The zero-order chi connectivity index (χ0) is 8.43. The molecule has 0 saturated heterocycles. The van der Waals surface area contributed by atoms with Crippen LogP contribution in [0.3, 0.4) is 0 Å². The van der Waals surface area contributed by atoms with E-state index in [-0.39, 0.29) is 0 Å². The van der Waals surface area contributed by atoms with Crippen molar-refractivity contribution in [2.45, 2.75) is 13.8 Å². The summed E-state index contributed by atoms with van der Waals surface area (Å²) < 4.78 is 0. The maximum atomic E-state index is 10.2. The monoisotopic (exact) mass is 150 g/mol. The number of anilines is 1. The highest BCUT2D eigenvalue weighted by Gasteiger charge is 2.02. The van der Waals surface area contributed by atoms with Crippen molar-refractivity contribution in [3.05, 3.63) is 28.2 Å². The molecule has 3 nitrogen and oxygen atoms in total. The van der Waals surface area contributed by atoms with Gasteiger partial charge in [0.2, 0.25) is 0 Å². The summed E-state index contributed by atoms with van der Waals surface area (Å²) in [6, 6.07) is 3.60. The highest BCUT2D eigenvalue weighted by Crippen LogP contribution is 2.26. The zero-order valence-corrected chi connectivity index (χ0v) is 6.59. The van der Waals surface area contributed by atoms with Crippen molar-refractivity contribution in [2.24, 2.45) is 5.18 Å². The number of hydrogen-bond donors (Lipinski definition) is 1. The summed E-state index contributed by atoms with van der Waals surface area (Å²) in [5.74, 6) is 0. The van der Waals surface area contributed by atoms with Crippen LogP contribution in [-0.4, -0.2) is 0 Å². The lowest BCUT2D eigenvalue weighted by Crippen LogP contribution is -1.90. The molecule has 0 fully saturated rings. The van der Waals surface area contributed by atoms with Gasteiger partial charge in [0.15, 0.2) is 0 Å². The molecule has 0 aromatic heterocycles. The van der Waals surface area contributed by atoms with Crippen molar-refractivity contribution in [1.29, 1.82) is 0 Å². The van der Waals surface area contributed by atoms with Gasteiger partial charge < -0.3 is 5.73 Å². The Morgan fingerprint density at radius 3 is 2.55 bits per heavy atom. The molecular weight excluding hydrogens is 140 g/mol. The Morgan fingerprint density at radius 2 is 2.00 bits per heavy atom. The quantitative estimate of drug-likeness (QED) is 0.493. The first kappa shape index (κ1) is 7.72. The Morgan fingerprint density at radius 1 is 1.36 bits per heavy atom. The van der Waals surface area contributed by atoms with Gasteiger partial charge in [-0.25, -0.2) is 0 Å². The molecule has 0 aliphatic heterocycles. The fourth-order valence-corrected chi connectivity index (χ4v) is 1.03. The van der Waals surface area contributed by atoms with Crippen molar-refractivity contribution >= 4 is 11.4 Å². The smallest absolute Gasteiger partial charge is 0.131 e. The van der Waals surface area contributed by atoms with Crippen LogP contribution in [-0.2, 0) is 0 Å². The summed E-state index contributed by atoms with van der Waals surface area (Å²) in [6.07, 6.45) is 0. The largest absolute Gasteiger partial charge is 0.397 e. The molecule has 58 valence electrons. The van der Waals surface area contributed by atoms with Gasteiger partial charge in [-0.1, -0.05) is 6.07 Å². The normalized spacial score (nSPS) is 9.64. The molecule has 11 heavy (non-hydrogen) atoms. The molecule has 0 atom stereocenters. The molecule has 3 heteroatoms. The number of nitroso groups, excluding NO2 is 1. The minimum absolute atomic E-state index is 0.336. The summed E-state index contributed by atoms with van der Waals surface area (Å²) in [7, 11) is 0. The van der Waals surface area contributed by atoms with E-state index in [4.69, 9.17) is 5.73 Å². The maximum absolute atomic E-state index is 10.2. The first-order valence-electron chi connectivity index (χ1n) is 3.35. The Bertz CT molecular complexity index is 294. The van der Waals surface area contributed by atoms with Gasteiger partial charge in [-0.3, -0.25) is 0 Å². The van der Waals surface area contributed by atoms with Crippen molar-refractivity contribution in [3.63, 3.8) is 0 Å². The molecular formula is C8H10N2O. The minimum Gasteiger partial charge on any atom is -0.397 e. The molecule has 0 bridgehead atoms. The Labute approximate surface area is 65.2 Å². The van der Waals surface area contributed by atoms with E-state index in [1.165, 1.54) is 0 Å². The second-order valence-corrected chi connectivity index (χ2v) is 2.61. The third-order valence-electron chi connectivity index (χ3n) is 1.61. The van der Waals surface area contributed by atoms with Crippen LogP contribution in [0.1, 0.15) is 11.1 Å². The number of benzene rings is 1. The molecule has 0 spiro atoms. The van der Waals surface area contributed by atoms with E-state index in [2.05, 4.69) is 5.18 Å². The maximum Gasteiger partial charge on any atom is 0.131 e. The average molecular weight is 150 g/mol. The van der Waals surface area contributed by atoms with E-state index in [9.17, 15) is 4.91 Å². The minimum atomic E-state index is 0.336. The van der Waals surface area contributed by atoms with E-state index in [0.29, 0.717) is 11.4 Å². The third kappa shape index (κ3) is 1.37. The molecule has 0 saturated carbocycles. The summed E-state index contributed by atoms with van der Waals surface area (Å²) in [5, 5.41) is 2.82. The summed E-state index contributed by atoms with van der Waals surface area (Å²) in [5.41, 5.74) is 8.29. The van der Waals surface area contributed by atoms with E-state index in [1.54, 1.807) is 6.07 Å². The number of rotatable bonds is 1. The van der Waals surface area contributed by atoms with Crippen molar-refractivity contribution < 1.29 is 0 Å². The van der Waals surface area contributed by atoms with Crippen LogP contribution in [0.15, 0.2) is 17.3 Å². The van der Waals surface area contributed by atoms with Gasteiger partial charge >= 0.3 is 0 Å². The molecule has 0 unspecified atom stereocenters. The topological polar surface area (TPSA) is 55.4 Å². The average Bonchev–Trinajstić information content (AvgIpc) is 1.96. The van der Waals surface area contributed by atoms with Crippen molar-refractivity contribution in [1.82, 2.24) is 0 Å². The van der Waals surface area contributed by atoms with Gasteiger partial charge in [0.1, 0.15) is 5.69 Å². The van der Waals surface area contributed by atoms with Crippen LogP contribution >= 0.6 is 0 Å². The summed E-state index contributed by atoms with van der Waals surface area (Å²) in [4.78, 5) is 10.2. The van der Waals surface area contributed by atoms with Gasteiger partial charge in [-0.15, -0.1) is 4.91 Å². The van der Waals surface area contributed by atoms with Crippen LogP contribution in [0, 0.1) is 18.8 Å². The third-order valence-corrected chi connectivity index (χ3v) is 1.61. The number of hydrogen-bond acceptors (Lipinski definition) is 3. The van der Waals surface area contributed by atoms with Crippen LogP contribution in [0.5, 0.6) is 0 Å². The van der Waals surface area contributed by atoms with Gasteiger partial charge in [-0.2, -0.15) is 0 Å². The number of nitrogen functional groups attached to an aromatic ring is 1. The molecule has 2 N–H and O–H groups in total. The SMILES string of the molecule is Cc1cc(C)c(N)c(N=O)c1. The second kappa shape index (κ2) is 2.70. The van der Waals surface area contributed by atoms with Crippen LogP contribution in [0.4, 0.5) is 11.4 Å². The van der Waals surface area contributed by atoms with Gasteiger partial charge in [0.05, 0.1) is 5.69 Å². The summed E-state index contributed by atoms with van der Waals surface area (Å²) >= 11 is 0. The van der Waals surface area contributed by atoms with Gasteiger partial charge in [0.25, 0.3) is 0 Å². The molecule has 0 aliphatic rings. The lowest BCUT2D eigenvalue weighted by Gasteiger charge is -2.02. The predicted octanol–water partition coefficient (Wildman–Crippen LogP) is 2.28. The van der Waals surface area contributed by atoms with Crippen molar-refractivity contribution in [3.8, 4) is 0 Å². The molecule has 1 aromatic rings. The standard InChI is InChI=1S/C8H10N2O/c1-5-3-6(2)8(9)7(4-5)10-11/h3-4H,9H2,1-2H3. The number of nitrogens with zero attached hydrogens (tertiary/aromatic N) is 1. The Balaban J connectivity index is 3.35. The number of aryl methyl sites for hydroxylation is 2. The fourth-order valence-electron chi connectivity index (χ4n) is 1.03.